The van der Waals surface area contributed by atoms with Crippen LogP contribution in [-0.4, -0.2) is 23.8 Å². The van der Waals surface area contributed by atoms with Crippen LogP contribution in [0.15, 0.2) is 23.6 Å². The molecular weight excluding hydrogens is 246 g/mol. The Morgan fingerprint density at radius 2 is 2.22 bits per heavy atom. The molecule has 0 unspecified atom stereocenters. The van der Waals surface area contributed by atoms with Gasteiger partial charge in [0.25, 0.3) is 0 Å². The first-order valence-electron chi connectivity index (χ1n) is 6.01. The predicted octanol–water partition coefficient (Wildman–Crippen LogP) is 2.92. The maximum atomic E-state index is 8.90. The number of rotatable bonds is 5. The van der Waals surface area contributed by atoms with Crippen molar-refractivity contribution < 1.29 is 9.84 Å². The maximum absolute atomic E-state index is 8.90. The van der Waals surface area contributed by atoms with E-state index < -0.39 is 0 Å². The van der Waals surface area contributed by atoms with E-state index in [4.69, 9.17) is 9.84 Å². The number of thiazole rings is 1. The second-order valence-corrected chi connectivity index (χ2v) is 4.86. The number of aromatic nitrogens is 1. The van der Waals surface area contributed by atoms with E-state index in [0.29, 0.717) is 6.42 Å². The summed E-state index contributed by atoms with van der Waals surface area (Å²) in [5.74, 6) is 0.924. The lowest BCUT2D eigenvalue weighted by Crippen LogP contribution is -1.92. The SMILES string of the molecule is CCc1cc(-c2nc(CCO)cs2)ccc1OC. The van der Waals surface area contributed by atoms with Gasteiger partial charge >= 0.3 is 0 Å². The molecule has 0 radical (unpaired) electrons. The summed E-state index contributed by atoms with van der Waals surface area (Å²) in [6.07, 6.45) is 1.55. The van der Waals surface area contributed by atoms with Crippen LogP contribution in [0, 0.1) is 0 Å². The summed E-state index contributed by atoms with van der Waals surface area (Å²) in [6.45, 7) is 2.26. The highest BCUT2D eigenvalue weighted by molar-refractivity contribution is 7.13. The molecule has 0 saturated heterocycles. The number of aliphatic hydroxyl groups is 1. The summed E-state index contributed by atoms with van der Waals surface area (Å²) in [4.78, 5) is 4.52. The van der Waals surface area contributed by atoms with Gasteiger partial charge in [0, 0.05) is 24.0 Å². The van der Waals surface area contributed by atoms with Crippen molar-refractivity contribution >= 4 is 11.3 Å². The van der Waals surface area contributed by atoms with Crippen molar-refractivity contribution in [3.05, 3.63) is 34.8 Å². The van der Waals surface area contributed by atoms with Crippen LogP contribution in [0.1, 0.15) is 18.2 Å². The Hall–Kier alpha value is -1.39. The van der Waals surface area contributed by atoms with Crippen molar-refractivity contribution in [2.45, 2.75) is 19.8 Å². The van der Waals surface area contributed by atoms with E-state index in [-0.39, 0.29) is 6.61 Å². The Labute approximate surface area is 111 Å². The maximum Gasteiger partial charge on any atom is 0.123 e. The van der Waals surface area contributed by atoms with Gasteiger partial charge in [0.15, 0.2) is 0 Å². The molecule has 0 amide bonds. The van der Waals surface area contributed by atoms with Gasteiger partial charge in [0.1, 0.15) is 10.8 Å². The van der Waals surface area contributed by atoms with E-state index in [1.54, 1.807) is 18.4 Å². The summed E-state index contributed by atoms with van der Waals surface area (Å²) in [5, 5.41) is 11.9. The predicted molar refractivity (Wildman–Crippen MR) is 74.3 cm³/mol. The van der Waals surface area contributed by atoms with Crippen molar-refractivity contribution in [3.63, 3.8) is 0 Å². The third kappa shape index (κ3) is 2.71. The summed E-state index contributed by atoms with van der Waals surface area (Å²) in [7, 11) is 1.69. The molecule has 0 saturated carbocycles. The molecule has 1 N–H and O–H groups in total. The number of benzene rings is 1. The van der Waals surface area contributed by atoms with Crippen molar-refractivity contribution in [2.75, 3.05) is 13.7 Å². The lowest BCUT2D eigenvalue weighted by atomic mass is 10.1. The summed E-state index contributed by atoms with van der Waals surface area (Å²) in [5.41, 5.74) is 3.25. The van der Waals surface area contributed by atoms with Gasteiger partial charge in [0.05, 0.1) is 12.8 Å². The zero-order chi connectivity index (χ0) is 13.0. The van der Waals surface area contributed by atoms with E-state index in [2.05, 4.69) is 18.0 Å². The van der Waals surface area contributed by atoms with Crippen molar-refractivity contribution in [1.82, 2.24) is 4.98 Å². The zero-order valence-electron chi connectivity index (χ0n) is 10.6. The van der Waals surface area contributed by atoms with Crippen LogP contribution in [0.5, 0.6) is 5.75 Å². The number of ether oxygens (including phenoxy) is 1. The minimum atomic E-state index is 0.145. The number of methoxy groups -OCH3 is 1. The average molecular weight is 263 g/mol. The van der Waals surface area contributed by atoms with E-state index >= 15 is 0 Å². The quantitative estimate of drug-likeness (QED) is 0.902. The lowest BCUT2D eigenvalue weighted by Gasteiger charge is -2.07. The fourth-order valence-electron chi connectivity index (χ4n) is 1.86. The molecule has 0 fully saturated rings. The highest BCUT2D eigenvalue weighted by Crippen LogP contribution is 2.29. The third-order valence-electron chi connectivity index (χ3n) is 2.83. The monoisotopic (exact) mass is 263 g/mol. The van der Waals surface area contributed by atoms with E-state index in [1.807, 2.05) is 17.5 Å². The zero-order valence-corrected chi connectivity index (χ0v) is 11.5. The number of aliphatic hydroxyl groups excluding tert-OH is 1. The second-order valence-electron chi connectivity index (χ2n) is 4.00. The highest BCUT2D eigenvalue weighted by atomic mass is 32.1. The number of aryl methyl sites for hydroxylation is 1. The smallest absolute Gasteiger partial charge is 0.123 e. The first kappa shape index (κ1) is 13.1. The lowest BCUT2D eigenvalue weighted by molar-refractivity contribution is 0.298. The van der Waals surface area contributed by atoms with E-state index in [9.17, 15) is 0 Å². The highest BCUT2D eigenvalue weighted by Gasteiger charge is 2.08. The Morgan fingerprint density at radius 3 is 2.89 bits per heavy atom. The van der Waals surface area contributed by atoms with E-state index in [0.717, 1.165) is 28.4 Å². The number of hydrogen-bond donors (Lipinski definition) is 1. The molecule has 2 rings (SSSR count). The summed E-state index contributed by atoms with van der Waals surface area (Å²) < 4.78 is 5.32. The average Bonchev–Trinajstić information content (AvgIpc) is 2.87. The first-order valence-corrected chi connectivity index (χ1v) is 6.89. The molecule has 0 spiro atoms. The fourth-order valence-corrected chi connectivity index (χ4v) is 2.71. The van der Waals surface area contributed by atoms with Crippen molar-refractivity contribution in [3.8, 4) is 16.3 Å². The molecule has 1 heterocycles. The first-order chi connectivity index (χ1) is 8.78. The van der Waals surface area contributed by atoms with Gasteiger partial charge in [-0.3, -0.25) is 0 Å². The minimum Gasteiger partial charge on any atom is -0.496 e. The van der Waals surface area contributed by atoms with Crippen LogP contribution in [0.3, 0.4) is 0 Å². The van der Waals surface area contributed by atoms with Gasteiger partial charge in [-0.15, -0.1) is 11.3 Å². The van der Waals surface area contributed by atoms with Gasteiger partial charge in [-0.25, -0.2) is 4.98 Å². The van der Waals surface area contributed by atoms with Gasteiger partial charge < -0.3 is 9.84 Å². The molecule has 18 heavy (non-hydrogen) atoms. The Bertz CT molecular complexity index is 522. The molecule has 4 heteroatoms. The van der Waals surface area contributed by atoms with Crippen LogP contribution in [0.2, 0.25) is 0 Å². The Balaban J connectivity index is 2.31. The summed E-state index contributed by atoms with van der Waals surface area (Å²) >= 11 is 1.61. The topological polar surface area (TPSA) is 42.4 Å². The van der Waals surface area contributed by atoms with Crippen molar-refractivity contribution in [2.24, 2.45) is 0 Å². The van der Waals surface area contributed by atoms with Gasteiger partial charge in [-0.05, 0) is 30.2 Å². The molecule has 0 atom stereocenters. The summed E-state index contributed by atoms with van der Waals surface area (Å²) in [6, 6.07) is 6.14. The molecule has 0 aliphatic rings. The molecule has 96 valence electrons. The van der Waals surface area contributed by atoms with Gasteiger partial charge in [-0.1, -0.05) is 6.92 Å². The molecule has 0 bridgehead atoms. The molecule has 1 aromatic carbocycles. The molecule has 1 aromatic heterocycles. The van der Waals surface area contributed by atoms with Crippen molar-refractivity contribution in [1.29, 1.82) is 0 Å². The molecule has 3 nitrogen and oxygen atoms in total. The molecular formula is C14H17NO2S. The van der Waals surface area contributed by atoms with E-state index in [1.165, 1.54) is 5.56 Å². The Morgan fingerprint density at radius 1 is 1.39 bits per heavy atom. The standard InChI is InChI=1S/C14H17NO2S/c1-3-10-8-11(4-5-13(10)17-2)14-15-12(6-7-16)9-18-14/h4-5,8-9,16H,3,6-7H2,1-2H3. The Kier molecular flexibility index (Phi) is 4.33. The third-order valence-corrected chi connectivity index (χ3v) is 3.77. The van der Waals surface area contributed by atoms with Crippen LogP contribution in [0.25, 0.3) is 10.6 Å². The largest absolute Gasteiger partial charge is 0.496 e. The second kappa shape index (κ2) is 5.98. The van der Waals surface area contributed by atoms with Crippen LogP contribution < -0.4 is 4.74 Å². The van der Waals surface area contributed by atoms with Crippen LogP contribution in [-0.2, 0) is 12.8 Å². The minimum absolute atomic E-state index is 0.145. The number of hydrogen-bond acceptors (Lipinski definition) is 4. The number of nitrogens with zero attached hydrogens (tertiary/aromatic N) is 1. The molecule has 0 aliphatic carbocycles. The van der Waals surface area contributed by atoms with Crippen LogP contribution in [0.4, 0.5) is 0 Å². The normalized spacial score (nSPS) is 10.6. The van der Waals surface area contributed by atoms with Crippen LogP contribution >= 0.6 is 11.3 Å². The van der Waals surface area contributed by atoms with Gasteiger partial charge in [0.2, 0.25) is 0 Å². The molecule has 0 aliphatic heterocycles. The molecule has 2 aromatic rings. The van der Waals surface area contributed by atoms with Gasteiger partial charge in [-0.2, -0.15) is 0 Å². The fraction of sp³-hybridized carbons (Fsp3) is 0.357.